The highest BCUT2D eigenvalue weighted by Crippen LogP contribution is 2.22. The second-order valence-corrected chi connectivity index (χ2v) is 6.38. The fourth-order valence-electron chi connectivity index (χ4n) is 1.70. The molecule has 1 rings (SSSR count). The van der Waals surface area contributed by atoms with E-state index in [2.05, 4.69) is 5.32 Å². The van der Waals surface area contributed by atoms with Crippen LogP contribution < -0.4 is 10.0 Å². The van der Waals surface area contributed by atoms with Gasteiger partial charge in [0.05, 0.1) is 13.0 Å². The number of alkyl halides is 3. The average molecular weight is 328 g/mol. The van der Waals surface area contributed by atoms with Gasteiger partial charge in [-0.25, -0.2) is 13.1 Å². The monoisotopic (exact) mass is 328 g/mol. The van der Waals surface area contributed by atoms with Crippen molar-refractivity contribution in [3.05, 3.63) is 17.9 Å². The Labute approximate surface area is 122 Å². The van der Waals surface area contributed by atoms with E-state index < -0.39 is 28.7 Å². The second kappa shape index (κ2) is 7.28. The summed E-state index contributed by atoms with van der Waals surface area (Å²) in [4.78, 5) is 0. The molecule has 1 aromatic heterocycles. The molecule has 0 spiro atoms. The molecule has 1 unspecified atom stereocenters. The van der Waals surface area contributed by atoms with Gasteiger partial charge in [0.15, 0.2) is 0 Å². The summed E-state index contributed by atoms with van der Waals surface area (Å²) in [5.41, 5.74) is 0. The first kappa shape index (κ1) is 18.0. The quantitative estimate of drug-likeness (QED) is 0.719. The maximum Gasteiger partial charge on any atom is 0.390 e. The third-order valence-corrected chi connectivity index (χ3v) is 3.98. The Morgan fingerprint density at radius 3 is 2.57 bits per heavy atom. The Kier molecular flexibility index (Phi) is 6.24. The van der Waals surface area contributed by atoms with Gasteiger partial charge in [-0.15, -0.1) is 0 Å². The van der Waals surface area contributed by atoms with E-state index in [4.69, 9.17) is 4.42 Å². The smallest absolute Gasteiger partial charge is 0.390 e. The normalized spacial score (nSPS) is 14.3. The maximum absolute atomic E-state index is 12.2. The van der Waals surface area contributed by atoms with Crippen LogP contribution in [-0.4, -0.2) is 27.2 Å². The van der Waals surface area contributed by atoms with Crippen LogP contribution in [0.4, 0.5) is 13.2 Å². The van der Waals surface area contributed by atoms with Crippen LogP contribution >= 0.6 is 0 Å². The summed E-state index contributed by atoms with van der Waals surface area (Å²) in [6.07, 6.45) is -4.75. The van der Waals surface area contributed by atoms with E-state index in [-0.39, 0.29) is 5.09 Å². The third-order valence-electron chi connectivity index (χ3n) is 2.52. The number of hydrogen-bond acceptors (Lipinski definition) is 4. The van der Waals surface area contributed by atoms with Crippen LogP contribution in [0.15, 0.2) is 21.6 Å². The van der Waals surface area contributed by atoms with Crippen molar-refractivity contribution in [3.63, 3.8) is 0 Å². The molecular weight excluding hydrogens is 309 g/mol. The van der Waals surface area contributed by atoms with Gasteiger partial charge in [0.1, 0.15) is 5.76 Å². The molecule has 21 heavy (non-hydrogen) atoms. The summed E-state index contributed by atoms with van der Waals surface area (Å²) in [5, 5.41) is 2.65. The molecule has 0 aliphatic carbocycles. The van der Waals surface area contributed by atoms with Crippen LogP contribution in [0.25, 0.3) is 0 Å². The molecular formula is C12H19F3N2O3S. The van der Waals surface area contributed by atoms with Crippen LogP contribution in [0.5, 0.6) is 0 Å². The number of furan rings is 1. The van der Waals surface area contributed by atoms with Crippen molar-refractivity contribution in [2.24, 2.45) is 0 Å². The van der Waals surface area contributed by atoms with Gasteiger partial charge in [0.2, 0.25) is 5.09 Å². The Bertz CT molecular complexity index is 540. The van der Waals surface area contributed by atoms with Crippen molar-refractivity contribution in [2.45, 2.75) is 50.5 Å². The largest absolute Gasteiger partial charge is 0.447 e. The highest BCUT2D eigenvalue weighted by atomic mass is 32.2. The number of hydrogen-bond donors (Lipinski definition) is 2. The minimum atomic E-state index is -4.43. The molecule has 9 heteroatoms. The van der Waals surface area contributed by atoms with Gasteiger partial charge in [-0.3, -0.25) is 0 Å². The van der Waals surface area contributed by atoms with Crippen molar-refractivity contribution in [1.82, 2.24) is 10.0 Å². The standard InChI is InChI=1S/C12H19F3N2O3S/c1-3-6-16-8-10-4-5-11(20-10)21(18,19)17-9(2)7-12(13,14)15/h4-5,9,16-17H,3,6-8H2,1-2H3. The van der Waals surface area contributed by atoms with Crippen molar-refractivity contribution >= 4 is 10.0 Å². The van der Waals surface area contributed by atoms with Crippen LogP contribution in [0.2, 0.25) is 0 Å². The fourth-order valence-corrected chi connectivity index (χ4v) is 2.89. The van der Waals surface area contributed by atoms with Crippen LogP contribution in [-0.2, 0) is 16.6 Å². The first-order valence-electron chi connectivity index (χ1n) is 6.52. The molecule has 2 N–H and O–H groups in total. The lowest BCUT2D eigenvalue weighted by molar-refractivity contribution is -0.137. The zero-order valence-electron chi connectivity index (χ0n) is 11.8. The minimum Gasteiger partial charge on any atom is -0.447 e. The Hall–Kier alpha value is -1.06. The topological polar surface area (TPSA) is 71.3 Å². The maximum atomic E-state index is 12.2. The summed E-state index contributed by atoms with van der Waals surface area (Å²) in [5.74, 6) is 0.410. The van der Waals surface area contributed by atoms with Gasteiger partial charge in [0, 0.05) is 6.04 Å². The average Bonchev–Trinajstić information content (AvgIpc) is 2.75. The molecule has 5 nitrogen and oxygen atoms in total. The molecule has 0 saturated heterocycles. The molecule has 0 aliphatic heterocycles. The number of halogens is 3. The molecule has 0 radical (unpaired) electrons. The molecule has 0 fully saturated rings. The van der Waals surface area contributed by atoms with Crippen molar-refractivity contribution in [3.8, 4) is 0 Å². The van der Waals surface area contributed by atoms with Gasteiger partial charge < -0.3 is 9.73 Å². The van der Waals surface area contributed by atoms with E-state index in [1.54, 1.807) is 0 Å². The zero-order chi connectivity index (χ0) is 16.1. The SMILES string of the molecule is CCCNCc1ccc(S(=O)(=O)NC(C)CC(F)(F)F)o1. The highest BCUT2D eigenvalue weighted by Gasteiger charge is 2.32. The predicted molar refractivity (Wildman–Crippen MR) is 71.2 cm³/mol. The summed E-state index contributed by atoms with van der Waals surface area (Å²) >= 11 is 0. The molecule has 1 atom stereocenters. The molecule has 0 aliphatic rings. The van der Waals surface area contributed by atoms with E-state index in [9.17, 15) is 21.6 Å². The Morgan fingerprint density at radius 1 is 1.33 bits per heavy atom. The second-order valence-electron chi connectivity index (χ2n) is 4.74. The Balaban J connectivity index is 2.66. The van der Waals surface area contributed by atoms with E-state index in [1.165, 1.54) is 12.1 Å². The number of nitrogens with one attached hydrogen (secondary N) is 2. The first-order chi connectivity index (χ1) is 9.64. The number of rotatable bonds is 8. The lowest BCUT2D eigenvalue weighted by Gasteiger charge is -2.14. The molecule has 1 aromatic rings. The summed E-state index contributed by atoms with van der Waals surface area (Å²) in [6, 6.07) is 1.44. The summed E-state index contributed by atoms with van der Waals surface area (Å²) in [6.45, 7) is 4.25. The third kappa shape index (κ3) is 6.49. The van der Waals surface area contributed by atoms with Gasteiger partial charge in [0.25, 0.3) is 10.0 Å². The molecule has 0 saturated carbocycles. The zero-order valence-corrected chi connectivity index (χ0v) is 12.6. The van der Waals surface area contributed by atoms with Crippen LogP contribution in [0, 0.1) is 0 Å². The van der Waals surface area contributed by atoms with Crippen LogP contribution in [0.3, 0.4) is 0 Å². The molecule has 0 aromatic carbocycles. The van der Waals surface area contributed by atoms with E-state index in [1.807, 2.05) is 11.6 Å². The highest BCUT2D eigenvalue weighted by molar-refractivity contribution is 7.89. The van der Waals surface area contributed by atoms with E-state index in [0.717, 1.165) is 19.9 Å². The molecule has 0 bridgehead atoms. The fraction of sp³-hybridized carbons (Fsp3) is 0.667. The Morgan fingerprint density at radius 2 is 2.00 bits per heavy atom. The van der Waals surface area contributed by atoms with E-state index >= 15 is 0 Å². The first-order valence-corrected chi connectivity index (χ1v) is 8.01. The predicted octanol–water partition coefficient (Wildman–Crippen LogP) is 2.40. The van der Waals surface area contributed by atoms with E-state index in [0.29, 0.717) is 12.3 Å². The van der Waals surface area contributed by atoms with Gasteiger partial charge >= 0.3 is 6.18 Å². The lowest BCUT2D eigenvalue weighted by Crippen LogP contribution is -2.35. The lowest BCUT2D eigenvalue weighted by atomic mass is 10.2. The molecule has 1 heterocycles. The summed E-state index contributed by atoms with van der Waals surface area (Å²) < 4.78 is 67.4. The van der Waals surface area contributed by atoms with Crippen molar-refractivity contribution < 1.29 is 26.0 Å². The van der Waals surface area contributed by atoms with Crippen LogP contribution in [0.1, 0.15) is 32.4 Å². The minimum absolute atomic E-state index is 0.363. The van der Waals surface area contributed by atoms with Crippen molar-refractivity contribution in [2.75, 3.05) is 6.54 Å². The molecule has 122 valence electrons. The number of sulfonamides is 1. The van der Waals surface area contributed by atoms with Gasteiger partial charge in [-0.1, -0.05) is 6.92 Å². The van der Waals surface area contributed by atoms with Crippen molar-refractivity contribution in [1.29, 1.82) is 0 Å². The summed E-state index contributed by atoms with van der Waals surface area (Å²) in [7, 11) is -4.09. The molecule has 0 amide bonds. The van der Waals surface area contributed by atoms with Gasteiger partial charge in [-0.2, -0.15) is 13.2 Å². The van der Waals surface area contributed by atoms with Gasteiger partial charge in [-0.05, 0) is 32.0 Å².